The van der Waals surface area contributed by atoms with Crippen molar-refractivity contribution in [1.82, 2.24) is 10.4 Å². The standard InChI is InChI=1S/C18H22N4O/c1-13-15-7-2-3-8-17(15)22(18(13)23)21-10-5-4-6-14-9-11-20-12-16(14)19/h2-3,7-9,11-13,21H,4-6,10,19H2,1H3. The third kappa shape index (κ3) is 3.19. The van der Waals surface area contributed by atoms with E-state index in [4.69, 9.17) is 5.73 Å². The molecule has 1 aromatic heterocycles. The second-order valence-corrected chi connectivity index (χ2v) is 5.89. The van der Waals surface area contributed by atoms with Crippen LogP contribution in [0, 0.1) is 0 Å². The summed E-state index contributed by atoms with van der Waals surface area (Å²) in [4.78, 5) is 16.3. The van der Waals surface area contributed by atoms with Crippen molar-refractivity contribution in [2.24, 2.45) is 0 Å². The highest BCUT2D eigenvalue weighted by Crippen LogP contribution is 2.35. The van der Waals surface area contributed by atoms with Gasteiger partial charge in [0.05, 0.1) is 23.5 Å². The molecular formula is C18H22N4O. The number of nitrogens with two attached hydrogens (primary N) is 1. The maximum absolute atomic E-state index is 12.3. The van der Waals surface area contributed by atoms with E-state index < -0.39 is 0 Å². The fourth-order valence-corrected chi connectivity index (χ4v) is 2.96. The number of hydrogen-bond acceptors (Lipinski definition) is 4. The van der Waals surface area contributed by atoms with Crippen molar-refractivity contribution in [3.63, 3.8) is 0 Å². The monoisotopic (exact) mass is 310 g/mol. The van der Waals surface area contributed by atoms with Crippen LogP contribution in [0.4, 0.5) is 11.4 Å². The second kappa shape index (κ2) is 6.79. The molecule has 1 atom stereocenters. The molecule has 1 aliphatic heterocycles. The molecule has 2 heterocycles. The Kier molecular flexibility index (Phi) is 4.57. The first kappa shape index (κ1) is 15.5. The number of carbonyl (C=O) groups excluding carboxylic acids is 1. The molecule has 1 aromatic carbocycles. The van der Waals surface area contributed by atoms with Gasteiger partial charge in [0.25, 0.3) is 0 Å². The number of amides is 1. The van der Waals surface area contributed by atoms with Crippen molar-refractivity contribution in [1.29, 1.82) is 0 Å². The van der Waals surface area contributed by atoms with Crippen LogP contribution in [-0.4, -0.2) is 17.4 Å². The molecule has 3 N–H and O–H groups in total. The van der Waals surface area contributed by atoms with Gasteiger partial charge in [0.15, 0.2) is 0 Å². The lowest BCUT2D eigenvalue weighted by Crippen LogP contribution is -2.41. The van der Waals surface area contributed by atoms with E-state index in [2.05, 4.69) is 10.4 Å². The van der Waals surface area contributed by atoms with Crippen LogP contribution in [-0.2, 0) is 11.2 Å². The Balaban J connectivity index is 1.50. The number of para-hydroxylation sites is 1. The fraction of sp³-hybridized carbons (Fsp3) is 0.333. The predicted octanol–water partition coefficient (Wildman–Crippen LogP) is 2.64. The van der Waals surface area contributed by atoms with Gasteiger partial charge in [-0.05, 0) is 49.4 Å². The number of fused-ring (bicyclic) bond motifs is 1. The second-order valence-electron chi connectivity index (χ2n) is 5.89. The van der Waals surface area contributed by atoms with Crippen molar-refractivity contribution in [2.45, 2.75) is 32.1 Å². The molecule has 0 bridgehead atoms. The molecule has 120 valence electrons. The Morgan fingerprint density at radius 2 is 2.09 bits per heavy atom. The van der Waals surface area contributed by atoms with E-state index in [1.165, 1.54) is 0 Å². The molecule has 23 heavy (non-hydrogen) atoms. The highest BCUT2D eigenvalue weighted by molar-refractivity contribution is 6.03. The molecule has 0 saturated heterocycles. The minimum Gasteiger partial charge on any atom is -0.397 e. The largest absolute Gasteiger partial charge is 0.397 e. The number of rotatable bonds is 6. The highest BCUT2D eigenvalue weighted by Gasteiger charge is 2.33. The van der Waals surface area contributed by atoms with Gasteiger partial charge in [-0.3, -0.25) is 9.78 Å². The van der Waals surface area contributed by atoms with E-state index in [0.29, 0.717) is 0 Å². The summed E-state index contributed by atoms with van der Waals surface area (Å²) < 4.78 is 0. The molecule has 0 fully saturated rings. The molecule has 1 amide bonds. The number of hydrazine groups is 1. The molecule has 5 nitrogen and oxygen atoms in total. The summed E-state index contributed by atoms with van der Waals surface area (Å²) >= 11 is 0. The molecule has 0 aliphatic carbocycles. The minimum absolute atomic E-state index is 0.0738. The number of aryl methyl sites for hydroxylation is 1. The third-order valence-electron chi connectivity index (χ3n) is 4.32. The van der Waals surface area contributed by atoms with Crippen molar-refractivity contribution < 1.29 is 4.79 Å². The number of anilines is 2. The Hall–Kier alpha value is -2.40. The van der Waals surface area contributed by atoms with Crippen molar-refractivity contribution >= 4 is 17.3 Å². The van der Waals surface area contributed by atoms with E-state index in [9.17, 15) is 4.79 Å². The SMILES string of the molecule is CC1C(=O)N(NCCCCc2ccncc2N)c2ccccc21. The molecule has 5 heteroatoms. The Morgan fingerprint density at radius 1 is 1.26 bits per heavy atom. The number of nitrogen functional groups attached to an aromatic ring is 1. The first-order valence-corrected chi connectivity index (χ1v) is 8.03. The van der Waals surface area contributed by atoms with Crippen LogP contribution in [0.5, 0.6) is 0 Å². The van der Waals surface area contributed by atoms with Crippen LogP contribution in [0.15, 0.2) is 42.7 Å². The average Bonchev–Trinajstić information content (AvgIpc) is 2.81. The number of carbonyl (C=O) groups is 1. The first-order valence-electron chi connectivity index (χ1n) is 8.03. The number of pyridine rings is 1. The summed E-state index contributed by atoms with van der Waals surface area (Å²) in [5.74, 6) is 0.0416. The number of benzene rings is 1. The fourth-order valence-electron chi connectivity index (χ4n) is 2.96. The van der Waals surface area contributed by atoms with Gasteiger partial charge in [0.2, 0.25) is 5.91 Å². The Bertz CT molecular complexity index is 701. The normalized spacial score (nSPS) is 16.7. The van der Waals surface area contributed by atoms with Gasteiger partial charge in [-0.1, -0.05) is 18.2 Å². The van der Waals surface area contributed by atoms with Crippen LogP contribution < -0.4 is 16.2 Å². The predicted molar refractivity (Wildman–Crippen MR) is 91.9 cm³/mol. The molecule has 0 spiro atoms. The summed E-state index contributed by atoms with van der Waals surface area (Å²) in [7, 11) is 0. The van der Waals surface area contributed by atoms with E-state index in [1.807, 2.05) is 37.3 Å². The van der Waals surface area contributed by atoms with Crippen LogP contribution in [0.2, 0.25) is 0 Å². The summed E-state index contributed by atoms with van der Waals surface area (Å²) in [6.45, 7) is 2.72. The minimum atomic E-state index is -0.0738. The van der Waals surface area contributed by atoms with Crippen molar-refractivity contribution in [3.8, 4) is 0 Å². The van der Waals surface area contributed by atoms with Gasteiger partial charge in [-0.15, -0.1) is 0 Å². The number of aromatic nitrogens is 1. The topological polar surface area (TPSA) is 71.2 Å². The van der Waals surface area contributed by atoms with Gasteiger partial charge in [-0.25, -0.2) is 10.4 Å². The van der Waals surface area contributed by atoms with Crippen LogP contribution >= 0.6 is 0 Å². The van der Waals surface area contributed by atoms with Crippen molar-refractivity contribution in [2.75, 3.05) is 17.3 Å². The molecule has 2 aromatic rings. The van der Waals surface area contributed by atoms with E-state index >= 15 is 0 Å². The summed E-state index contributed by atoms with van der Waals surface area (Å²) in [5, 5.41) is 1.70. The van der Waals surface area contributed by atoms with Crippen LogP contribution in [0.1, 0.15) is 36.8 Å². The summed E-state index contributed by atoms with van der Waals surface area (Å²) in [6.07, 6.45) is 6.37. The van der Waals surface area contributed by atoms with Gasteiger partial charge in [0.1, 0.15) is 0 Å². The lowest BCUT2D eigenvalue weighted by Gasteiger charge is -2.19. The third-order valence-corrected chi connectivity index (χ3v) is 4.32. The molecule has 3 rings (SSSR count). The van der Waals surface area contributed by atoms with Crippen molar-refractivity contribution in [3.05, 3.63) is 53.9 Å². The van der Waals surface area contributed by atoms with E-state index in [1.54, 1.807) is 17.4 Å². The lowest BCUT2D eigenvalue weighted by atomic mass is 10.0. The molecule has 0 saturated carbocycles. The van der Waals surface area contributed by atoms with Gasteiger partial charge in [0, 0.05) is 12.7 Å². The zero-order valence-corrected chi connectivity index (χ0v) is 13.3. The van der Waals surface area contributed by atoms with Crippen LogP contribution in [0.3, 0.4) is 0 Å². The van der Waals surface area contributed by atoms with Gasteiger partial charge in [-0.2, -0.15) is 0 Å². The Labute approximate surface area is 136 Å². The Morgan fingerprint density at radius 3 is 2.91 bits per heavy atom. The highest BCUT2D eigenvalue weighted by atomic mass is 16.2. The van der Waals surface area contributed by atoms with Crippen LogP contribution in [0.25, 0.3) is 0 Å². The maximum atomic E-state index is 12.3. The number of hydrogen-bond donors (Lipinski definition) is 2. The van der Waals surface area contributed by atoms with E-state index in [-0.39, 0.29) is 11.8 Å². The zero-order valence-electron chi connectivity index (χ0n) is 13.3. The maximum Gasteiger partial charge on any atom is 0.248 e. The molecular weight excluding hydrogens is 288 g/mol. The summed E-state index contributed by atoms with van der Waals surface area (Å²) in [5.41, 5.74) is 13.1. The molecule has 0 radical (unpaired) electrons. The van der Waals surface area contributed by atoms with E-state index in [0.717, 1.165) is 48.3 Å². The van der Waals surface area contributed by atoms with Gasteiger partial charge >= 0.3 is 0 Å². The average molecular weight is 310 g/mol. The molecule has 1 unspecified atom stereocenters. The van der Waals surface area contributed by atoms with Gasteiger partial charge < -0.3 is 5.73 Å². The summed E-state index contributed by atoms with van der Waals surface area (Å²) in [6, 6.07) is 9.91. The first-order chi connectivity index (χ1) is 11.2. The quantitative estimate of drug-likeness (QED) is 0.805. The smallest absolute Gasteiger partial charge is 0.248 e. The number of nitrogens with one attached hydrogen (secondary N) is 1. The number of unbranched alkanes of at least 4 members (excludes halogenated alkanes) is 1. The lowest BCUT2D eigenvalue weighted by molar-refractivity contribution is -0.119. The molecule has 1 aliphatic rings. The zero-order chi connectivity index (χ0) is 16.2. The number of nitrogens with zero attached hydrogens (tertiary/aromatic N) is 2.